The highest BCUT2D eigenvalue weighted by atomic mass is 16.3. The highest BCUT2D eigenvalue weighted by Crippen LogP contribution is 2.15. The summed E-state index contributed by atoms with van der Waals surface area (Å²) in [6.07, 6.45) is 0. The standard InChI is InChI=1S/C12H26N2O3/c1-10(2)5-13-11(17)6-14(4)7-12(3,8-15)9-16/h10,15-16H,5-9H2,1-4H3,(H,13,17). The van der Waals surface area contributed by atoms with Crippen LogP contribution in [0.5, 0.6) is 0 Å². The lowest BCUT2D eigenvalue weighted by molar-refractivity contribution is -0.122. The zero-order valence-electron chi connectivity index (χ0n) is 11.4. The molecule has 0 fully saturated rings. The van der Waals surface area contributed by atoms with Crippen LogP contribution in [-0.4, -0.2) is 60.9 Å². The summed E-state index contributed by atoms with van der Waals surface area (Å²) >= 11 is 0. The molecule has 0 aliphatic rings. The van der Waals surface area contributed by atoms with Gasteiger partial charge in [-0.25, -0.2) is 0 Å². The van der Waals surface area contributed by atoms with Crippen LogP contribution in [-0.2, 0) is 4.79 Å². The number of carbonyl (C=O) groups excluding carboxylic acids is 1. The van der Waals surface area contributed by atoms with Crippen LogP contribution in [0.4, 0.5) is 0 Å². The SMILES string of the molecule is CC(C)CNC(=O)CN(C)CC(C)(CO)CO. The number of likely N-dealkylation sites (N-methyl/N-ethyl adjacent to an activating group) is 1. The number of carbonyl (C=O) groups is 1. The molecule has 0 radical (unpaired) electrons. The van der Waals surface area contributed by atoms with Crippen LogP contribution in [0, 0.1) is 11.3 Å². The topological polar surface area (TPSA) is 72.8 Å². The first kappa shape index (κ1) is 16.4. The van der Waals surface area contributed by atoms with Gasteiger partial charge in [0.25, 0.3) is 0 Å². The van der Waals surface area contributed by atoms with Crippen LogP contribution in [0.1, 0.15) is 20.8 Å². The summed E-state index contributed by atoms with van der Waals surface area (Å²) in [6.45, 7) is 7.11. The first-order valence-corrected chi connectivity index (χ1v) is 6.00. The molecule has 0 unspecified atom stereocenters. The second-order valence-corrected chi connectivity index (χ2v) is 5.50. The minimum atomic E-state index is -0.562. The molecule has 0 spiro atoms. The third-order valence-electron chi connectivity index (χ3n) is 2.54. The number of hydrogen-bond donors (Lipinski definition) is 3. The monoisotopic (exact) mass is 246 g/mol. The Balaban J connectivity index is 4.00. The molecule has 5 nitrogen and oxygen atoms in total. The van der Waals surface area contributed by atoms with Gasteiger partial charge in [0.1, 0.15) is 0 Å². The second kappa shape index (κ2) is 7.63. The molecular weight excluding hydrogens is 220 g/mol. The van der Waals surface area contributed by atoms with Crippen LogP contribution in [0.15, 0.2) is 0 Å². The number of hydrogen-bond acceptors (Lipinski definition) is 4. The van der Waals surface area contributed by atoms with Gasteiger partial charge >= 0.3 is 0 Å². The van der Waals surface area contributed by atoms with E-state index in [4.69, 9.17) is 10.2 Å². The molecule has 0 aromatic rings. The molecular formula is C12H26N2O3. The van der Waals surface area contributed by atoms with Gasteiger partial charge in [0.2, 0.25) is 5.91 Å². The fourth-order valence-corrected chi connectivity index (χ4v) is 1.48. The lowest BCUT2D eigenvalue weighted by Crippen LogP contribution is -2.43. The summed E-state index contributed by atoms with van der Waals surface area (Å²) in [6, 6.07) is 0. The average Bonchev–Trinajstić information content (AvgIpc) is 2.26. The molecule has 0 saturated carbocycles. The van der Waals surface area contributed by atoms with Gasteiger partial charge in [-0.2, -0.15) is 0 Å². The zero-order valence-corrected chi connectivity index (χ0v) is 11.4. The van der Waals surface area contributed by atoms with Crippen molar-refractivity contribution in [1.82, 2.24) is 10.2 Å². The number of aliphatic hydroxyl groups excluding tert-OH is 2. The van der Waals surface area contributed by atoms with E-state index in [-0.39, 0.29) is 25.7 Å². The van der Waals surface area contributed by atoms with Crippen LogP contribution in [0.25, 0.3) is 0 Å². The van der Waals surface area contributed by atoms with E-state index in [1.165, 1.54) is 0 Å². The van der Waals surface area contributed by atoms with Gasteiger partial charge in [-0.1, -0.05) is 20.8 Å². The zero-order chi connectivity index (χ0) is 13.5. The summed E-state index contributed by atoms with van der Waals surface area (Å²) in [5.41, 5.74) is -0.562. The van der Waals surface area contributed by atoms with Crippen LogP contribution in [0.2, 0.25) is 0 Å². The lowest BCUT2D eigenvalue weighted by Gasteiger charge is -2.30. The van der Waals surface area contributed by atoms with E-state index in [0.29, 0.717) is 19.0 Å². The van der Waals surface area contributed by atoms with Gasteiger partial charge < -0.3 is 15.5 Å². The second-order valence-electron chi connectivity index (χ2n) is 5.50. The normalized spacial score (nSPS) is 12.2. The summed E-state index contributed by atoms with van der Waals surface area (Å²) in [5, 5.41) is 21.1. The van der Waals surface area contributed by atoms with E-state index in [1.807, 2.05) is 18.7 Å². The maximum absolute atomic E-state index is 11.5. The van der Waals surface area contributed by atoms with Gasteiger partial charge in [-0.05, 0) is 13.0 Å². The van der Waals surface area contributed by atoms with Gasteiger partial charge in [-0.3, -0.25) is 9.69 Å². The fourth-order valence-electron chi connectivity index (χ4n) is 1.48. The number of amides is 1. The quantitative estimate of drug-likeness (QED) is 0.549. The first-order chi connectivity index (χ1) is 7.83. The van der Waals surface area contributed by atoms with Crippen molar-refractivity contribution in [2.24, 2.45) is 11.3 Å². The Hall–Kier alpha value is -0.650. The van der Waals surface area contributed by atoms with Crippen molar-refractivity contribution in [2.45, 2.75) is 20.8 Å². The van der Waals surface area contributed by atoms with Crippen molar-refractivity contribution in [3.8, 4) is 0 Å². The number of nitrogens with zero attached hydrogens (tertiary/aromatic N) is 1. The molecule has 17 heavy (non-hydrogen) atoms. The molecule has 102 valence electrons. The summed E-state index contributed by atoms with van der Waals surface area (Å²) in [4.78, 5) is 13.4. The molecule has 0 heterocycles. The van der Waals surface area contributed by atoms with Gasteiger partial charge in [0.05, 0.1) is 19.8 Å². The maximum atomic E-state index is 11.5. The van der Waals surface area contributed by atoms with Crippen LogP contribution >= 0.6 is 0 Å². The maximum Gasteiger partial charge on any atom is 0.234 e. The van der Waals surface area contributed by atoms with Crippen LogP contribution in [0.3, 0.4) is 0 Å². The molecule has 0 atom stereocenters. The minimum Gasteiger partial charge on any atom is -0.396 e. The van der Waals surface area contributed by atoms with Gasteiger partial charge in [0, 0.05) is 18.5 Å². The molecule has 0 aliphatic carbocycles. The number of aliphatic hydroxyl groups is 2. The molecule has 0 aromatic heterocycles. The van der Waals surface area contributed by atoms with Crippen molar-refractivity contribution in [3.05, 3.63) is 0 Å². The molecule has 3 N–H and O–H groups in total. The Kier molecular flexibility index (Phi) is 7.34. The third kappa shape index (κ3) is 7.31. The van der Waals surface area contributed by atoms with Crippen molar-refractivity contribution in [2.75, 3.05) is 39.9 Å². The largest absolute Gasteiger partial charge is 0.396 e. The molecule has 0 bridgehead atoms. The first-order valence-electron chi connectivity index (χ1n) is 6.00. The molecule has 0 saturated heterocycles. The molecule has 1 amide bonds. The predicted octanol–water partition coefficient (Wildman–Crippen LogP) is -0.319. The smallest absolute Gasteiger partial charge is 0.234 e. The summed E-state index contributed by atoms with van der Waals surface area (Å²) in [7, 11) is 1.80. The highest BCUT2D eigenvalue weighted by Gasteiger charge is 2.24. The highest BCUT2D eigenvalue weighted by molar-refractivity contribution is 5.77. The number of rotatable bonds is 8. The Morgan fingerprint density at radius 2 is 1.88 bits per heavy atom. The van der Waals surface area contributed by atoms with Gasteiger partial charge in [0.15, 0.2) is 0 Å². The third-order valence-corrected chi connectivity index (χ3v) is 2.54. The Morgan fingerprint density at radius 3 is 2.29 bits per heavy atom. The van der Waals surface area contributed by atoms with Crippen molar-refractivity contribution < 1.29 is 15.0 Å². The molecule has 0 rings (SSSR count). The van der Waals surface area contributed by atoms with E-state index in [1.54, 1.807) is 14.0 Å². The van der Waals surface area contributed by atoms with Gasteiger partial charge in [-0.15, -0.1) is 0 Å². The molecule has 5 heteroatoms. The Labute approximate surface area is 104 Å². The fraction of sp³-hybridized carbons (Fsp3) is 0.917. The Morgan fingerprint density at radius 1 is 1.35 bits per heavy atom. The van der Waals surface area contributed by atoms with Crippen molar-refractivity contribution in [1.29, 1.82) is 0 Å². The lowest BCUT2D eigenvalue weighted by atomic mass is 9.92. The van der Waals surface area contributed by atoms with Crippen molar-refractivity contribution in [3.63, 3.8) is 0 Å². The van der Waals surface area contributed by atoms with E-state index >= 15 is 0 Å². The predicted molar refractivity (Wildman–Crippen MR) is 67.6 cm³/mol. The van der Waals surface area contributed by atoms with E-state index < -0.39 is 5.41 Å². The van der Waals surface area contributed by atoms with Crippen molar-refractivity contribution >= 4 is 5.91 Å². The van der Waals surface area contributed by atoms with Crippen LogP contribution < -0.4 is 5.32 Å². The summed E-state index contributed by atoms with van der Waals surface area (Å²) < 4.78 is 0. The molecule has 0 aliphatic heterocycles. The molecule has 0 aromatic carbocycles. The van der Waals surface area contributed by atoms with E-state index in [9.17, 15) is 4.79 Å². The average molecular weight is 246 g/mol. The minimum absolute atomic E-state index is 0.0283. The van der Waals surface area contributed by atoms with E-state index in [0.717, 1.165) is 0 Å². The van der Waals surface area contributed by atoms with E-state index in [2.05, 4.69) is 5.32 Å². The summed E-state index contributed by atoms with van der Waals surface area (Å²) in [5.74, 6) is 0.406. The number of nitrogens with one attached hydrogen (secondary N) is 1. The Bertz CT molecular complexity index is 228.